The number of halogens is 2. The summed E-state index contributed by atoms with van der Waals surface area (Å²) in [6.45, 7) is 10.8. The molecule has 0 atom stereocenters. The zero-order chi connectivity index (χ0) is 32.4. The van der Waals surface area contributed by atoms with Gasteiger partial charge in [0.1, 0.15) is 22.8 Å². The molecule has 12 nitrogen and oxygen atoms in total. The summed E-state index contributed by atoms with van der Waals surface area (Å²) in [6, 6.07) is 8.66. The molecule has 1 aromatic carbocycles. The number of ether oxygens (including phenoxy) is 2. The number of hydrogen-bond donors (Lipinski definition) is 3. The highest BCUT2D eigenvalue weighted by atomic mass is 19.3. The van der Waals surface area contributed by atoms with E-state index in [2.05, 4.69) is 20.9 Å². The van der Waals surface area contributed by atoms with E-state index in [-0.39, 0.29) is 23.8 Å². The van der Waals surface area contributed by atoms with Gasteiger partial charge in [0.25, 0.3) is 6.43 Å². The van der Waals surface area contributed by atoms with Gasteiger partial charge in [0.05, 0.1) is 24.2 Å². The first-order valence-corrected chi connectivity index (χ1v) is 15.4. The molecule has 1 aliphatic carbocycles. The number of nitrogens with zero attached hydrogens (tertiary/aromatic N) is 5. The number of nitrogens with one attached hydrogen (secondary N) is 3. The molecule has 0 bridgehead atoms. The summed E-state index contributed by atoms with van der Waals surface area (Å²) in [5, 5.41) is 9.21. The smallest absolute Gasteiger partial charge is 0.408 e. The minimum absolute atomic E-state index is 0.0421. The molecule has 2 aromatic heterocycles. The first kappa shape index (κ1) is 32.3. The largest absolute Gasteiger partial charge is 0.444 e. The van der Waals surface area contributed by atoms with Crippen LogP contribution in [0, 0.1) is 0 Å². The van der Waals surface area contributed by atoms with Crippen LogP contribution in [0.5, 0.6) is 0 Å². The molecule has 1 aliphatic heterocycles. The third-order valence-electron chi connectivity index (χ3n) is 7.80. The van der Waals surface area contributed by atoms with Crippen LogP contribution >= 0.6 is 0 Å². The van der Waals surface area contributed by atoms with Crippen LogP contribution in [0.4, 0.5) is 25.3 Å². The minimum atomic E-state index is -2.80. The van der Waals surface area contributed by atoms with Gasteiger partial charge in [-0.3, -0.25) is 9.36 Å². The van der Waals surface area contributed by atoms with Crippen molar-refractivity contribution in [3.05, 3.63) is 36.2 Å². The van der Waals surface area contributed by atoms with E-state index in [0.29, 0.717) is 67.8 Å². The number of imidazole rings is 1. The molecule has 0 spiro atoms. The van der Waals surface area contributed by atoms with Gasteiger partial charge in [0, 0.05) is 31.2 Å². The second-order valence-electron chi connectivity index (χ2n) is 13.0. The van der Waals surface area contributed by atoms with Crippen LogP contribution in [0.15, 0.2) is 30.3 Å². The van der Waals surface area contributed by atoms with Gasteiger partial charge in [0.2, 0.25) is 11.9 Å². The summed E-state index contributed by atoms with van der Waals surface area (Å²) in [4.78, 5) is 40.9. The van der Waals surface area contributed by atoms with Gasteiger partial charge >= 0.3 is 6.09 Å². The minimum Gasteiger partial charge on any atom is -0.444 e. The van der Waals surface area contributed by atoms with Crippen LogP contribution in [0.3, 0.4) is 0 Å². The molecule has 3 heterocycles. The maximum atomic E-state index is 14.2. The lowest BCUT2D eigenvalue weighted by Crippen LogP contribution is -2.57. The number of rotatable bonds is 8. The number of hydrogen-bond acceptors (Lipinski definition) is 9. The molecule has 1 saturated heterocycles. The molecule has 1 saturated carbocycles. The Morgan fingerprint density at radius 2 is 1.64 bits per heavy atom. The Morgan fingerprint density at radius 3 is 2.31 bits per heavy atom. The van der Waals surface area contributed by atoms with Gasteiger partial charge in [-0.1, -0.05) is 12.1 Å². The average Bonchev–Trinajstić information content (AvgIpc) is 3.37. The summed E-state index contributed by atoms with van der Waals surface area (Å²) in [5.74, 6) is 0.585. The number of amides is 2. The molecule has 244 valence electrons. The van der Waals surface area contributed by atoms with Crippen molar-refractivity contribution in [2.24, 2.45) is 0 Å². The Morgan fingerprint density at radius 1 is 0.978 bits per heavy atom. The molecular formula is C31H42F2N8O4. The van der Waals surface area contributed by atoms with E-state index in [1.54, 1.807) is 65.0 Å². The number of fused-ring (bicyclic) bond motifs is 1. The second kappa shape index (κ2) is 13.1. The Hall–Kier alpha value is -4.07. The fourth-order valence-corrected chi connectivity index (χ4v) is 5.52. The van der Waals surface area contributed by atoms with Crippen LogP contribution in [0.1, 0.15) is 72.6 Å². The van der Waals surface area contributed by atoms with E-state index in [4.69, 9.17) is 19.4 Å². The summed E-state index contributed by atoms with van der Waals surface area (Å²) in [7, 11) is 0. The number of anilines is 2. The predicted molar refractivity (Wildman–Crippen MR) is 166 cm³/mol. The molecule has 3 N–H and O–H groups in total. The lowest BCUT2D eigenvalue weighted by atomic mass is 9.90. The predicted octanol–water partition coefficient (Wildman–Crippen LogP) is 4.73. The van der Waals surface area contributed by atoms with Gasteiger partial charge in [-0.25, -0.2) is 18.6 Å². The summed E-state index contributed by atoms with van der Waals surface area (Å²) in [5.41, 5.74) is -0.837. The molecule has 0 unspecified atom stereocenters. The monoisotopic (exact) mass is 628 g/mol. The summed E-state index contributed by atoms with van der Waals surface area (Å²) in [6.07, 6.45) is -0.546. The van der Waals surface area contributed by atoms with Crippen LogP contribution in [0.25, 0.3) is 16.9 Å². The maximum absolute atomic E-state index is 14.2. The normalized spacial score (nSPS) is 19.4. The fraction of sp³-hybridized carbons (Fsp3) is 0.581. The average molecular weight is 629 g/mol. The van der Waals surface area contributed by atoms with E-state index >= 15 is 0 Å². The number of para-hydroxylation sites is 2. The van der Waals surface area contributed by atoms with Crippen molar-refractivity contribution in [3.8, 4) is 5.82 Å². The SMILES string of the molecule is CC(C)(C)OC(=O)NC(C)(C)C(=O)NC1CCC(Nc2cc(-n3c(C(F)F)nc4ccccc43)nc(N3CCOCC3)n2)CC1. The highest BCUT2D eigenvalue weighted by Gasteiger charge is 2.34. The highest BCUT2D eigenvalue weighted by molar-refractivity contribution is 5.89. The van der Waals surface area contributed by atoms with E-state index in [9.17, 15) is 18.4 Å². The zero-order valence-corrected chi connectivity index (χ0v) is 26.4. The Balaban J connectivity index is 1.30. The first-order chi connectivity index (χ1) is 21.3. The van der Waals surface area contributed by atoms with Crippen LogP contribution in [-0.4, -0.2) is 81.0 Å². The van der Waals surface area contributed by atoms with Crippen molar-refractivity contribution >= 4 is 34.8 Å². The van der Waals surface area contributed by atoms with Crippen molar-refractivity contribution in [2.75, 3.05) is 36.5 Å². The summed E-state index contributed by atoms with van der Waals surface area (Å²) < 4.78 is 40.6. The Kier molecular flexibility index (Phi) is 9.42. The zero-order valence-electron chi connectivity index (χ0n) is 26.4. The Bertz CT molecular complexity index is 1510. The Labute approximate surface area is 261 Å². The van der Waals surface area contributed by atoms with Gasteiger partial charge < -0.3 is 30.3 Å². The third-order valence-corrected chi connectivity index (χ3v) is 7.80. The number of alkyl carbamates (subject to hydrolysis) is 1. The second-order valence-corrected chi connectivity index (χ2v) is 13.0. The van der Waals surface area contributed by atoms with Gasteiger partial charge in [-0.2, -0.15) is 9.97 Å². The van der Waals surface area contributed by atoms with Crippen molar-refractivity contribution < 1.29 is 27.8 Å². The van der Waals surface area contributed by atoms with E-state index in [1.165, 1.54) is 4.57 Å². The number of morpholine rings is 1. The molecule has 2 aliphatic rings. The lowest BCUT2D eigenvalue weighted by Gasteiger charge is -2.33. The van der Waals surface area contributed by atoms with E-state index in [0.717, 1.165) is 12.8 Å². The molecule has 5 rings (SSSR count). The highest BCUT2D eigenvalue weighted by Crippen LogP contribution is 2.30. The summed E-state index contributed by atoms with van der Waals surface area (Å²) >= 11 is 0. The van der Waals surface area contributed by atoms with Gasteiger partial charge in [-0.05, 0) is 72.4 Å². The van der Waals surface area contributed by atoms with E-state index < -0.39 is 23.7 Å². The van der Waals surface area contributed by atoms with Crippen molar-refractivity contribution in [1.82, 2.24) is 30.2 Å². The topological polar surface area (TPSA) is 136 Å². The first-order valence-electron chi connectivity index (χ1n) is 15.4. The molecule has 3 aromatic rings. The molecule has 45 heavy (non-hydrogen) atoms. The van der Waals surface area contributed by atoms with Crippen molar-refractivity contribution in [1.29, 1.82) is 0 Å². The quantitative estimate of drug-likeness (QED) is 0.324. The van der Waals surface area contributed by atoms with Crippen molar-refractivity contribution in [3.63, 3.8) is 0 Å². The van der Waals surface area contributed by atoms with Crippen LogP contribution in [0.2, 0.25) is 0 Å². The molecule has 2 amide bonds. The molecule has 0 radical (unpaired) electrons. The number of carbonyl (C=O) groups excluding carboxylic acids is 2. The third kappa shape index (κ3) is 7.96. The van der Waals surface area contributed by atoms with Gasteiger partial charge in [-0.15, -0.1) is 0 Å². The lowest BCUT2D eigenvalue weighted by molar-refractivity contribution is -0.127. The fourth-order valence-electron chi connectivity index (χ4n) is 5.52. The maximum Gasteiger partial charge on any atom is 0.408 e. The van der Waals surface area contributed by atoms with Gasteiger partial charge in [0.15, 0.2) is 5.82 Å². The standard InChI is InChI=1S/C31H42F2N8O4/c1-30(2,3)45-29(43)39-31(4,5)27(42)35-20-12-10-19(11-13-20)34-23-18-24(38-28(37-23)40-14-16-44-17-15-40)41-22-9-7-6-8-21(22)36-26(41)25(32)33/h6-9,18-20,25H,10-17H2,1-5H3,(H,35,42)(H,39,43)(H,34,37,38). The number of aromatic nitrogens is 4. The molecule has 14 heteroatoms. The van der Waals surface area contributed by atoms with Crippen LogP contribution < -0.4 is 20.9 Å². The van der Waals surface area contributed by atoms with Crippen molar-refractivity contribution in [2.45, 2.75) is 90.0 Å². The van der Waals surface area contributed by atoms with E-state index in [1.807, 2.05) is 4.90 Å². The number of carbonyl (C=O) groups is 2. The van der Waals surface area contributed by atoms with Crippen LogP contribution in [-0.2, 0) is 14.3 Å². The molecule has 2 fully saturated rings. The number of alkyl halides is 2. The molecular weight excluding hydrogens is 586 g/mol. The number of benzene rings is 1.